The summed E-state index contributed by atoms with van der Waals surface area (Å²) in [5.41, 5.74) is 7.31. The molecule has 2 aromatic rings. The fourth-order valence-corrected chi connectivity index (χ4v) is 2.51. The Labute approximate surface area is 125 Å². The molecule has 0 radical (unpaired) electrons. The fraction of sp³-hybridized carbons (Fsp3) is 0.357. The van der Waals surface area contributed by atoms with Crippen molar-refractivity contribution in [1.29, 1.82) is 0 Å². The minimum Gasteiger partial charge on any atom is -0.493 e. The predicted octanol–water partition coefficient (Wildman–Crippen LogP) is 3.42. The van der Waals surface area contributed by atoms with Gasteiger partial charge in [-0.15, -0.1) is 0 Å². The van der Waals surface area contributed by atoms with Gasteiger partial charge in [0.2, 0.25) is 0 Å². The summed E-state index contributed by atoms with van der Waals surface area (Å²) in [7, 11) is 1.55. The van der Waals surface area contributed by atoms with Gasteiger partial charge in [0.25, 0.3) is 0 Å². The number of nitrogens with zero attached hydrogens (tertiary/aromatic N) is 2. The lowest BCUT2D eigenvalue weighted by molar-refractivity contribution is 0.400. The summed E-state index contributed by atoms with van der Waals surface area (Å²) in [5, 5.41) is 4.26. The van der Waals surface area contributed by atoms with Gasteiger partial charge in [-0.25, -0.2) is 4.39 Å². The maximum atomic E-state index is 14.2. The molecule has 1 unspecified atom stereocenters. The Morgan fingerprint density at radius 1 is 1.40 bits per heavy atom. The lowest BCUT2D eigenvalue weighted by Gasteiger charge is -2.19. The summed E-state index contributed by atoms with van der Waals surface area (Å²) < 4.78 is 21.6. The molecule has 2 rings (SSSR count). The number of benzene rings is 1. The molecule has 1 atom stereocenters. The van der Waals surface area contributed by atoms with E-state index in [1.54, 1.807) is 36.2 Å². The van der Waals surface area contributed by atoms with Crippen LogP contribution in [0.4, 0.5) is 4.39 Å². The van der Waals surface area contributed by atoms with Gasteiger partial charge in [0.15, 0.2) is 5.75 Å². The Morgan fingerprint density at radius 2 is 2.10 bits per heavy atom. The van der Waals surface area contributed by atoms with Gasteiger partial charge < -0.3 is 10.5 Å². The monoisotopic (exact) mass is 341 g/mol. The maximum Gasteiger partial charge on any atom is 0.161 e. The largest absolute Gasteiger partial charge is 0.493 e. The molecular formula is C14H17BrFN3O. The third kappa shape index (κ3) is 2.58. The summed E-state index contributed by atoms with van der Waals surface area (Å²) in [6.07, 6.45) is 1.60. The van der Waals surface area contributed by atoms with E-state index in [1.807, 2.05) is 13.8 Å². The second-order valence-electron chi connectivity index (χ2n) is 4.76. The number of hydrogen-bond acceptors (Lipinski definition) is 3. The van der Waals surface area contributed by atoms with Gasteiger partial charge in [-0.1, -0.05) is 12.1 Å². The van der Waals surface area contributed by atoms with Gasteiger partial charge in [-0.2, -0.15) is 5.10 Å². The van der Waals surface area contributed by atoms with Crippen molar-refractivity contribution >= 4 is 15.9 Å². The maximum absolute atomic E-state index is 14.2. The van der Waals surface area contributed by atoms with Gasteiger partial charge in [0, 0.05) is 11.6 Å². The molecule has 0 fully saturated rings. The van der Waals surface area contributed by atoms with Crippen LogP contribution in [0.5, 0.6) is 5.75 Å². The molecule has 0 aliphatic carbocycles. The van der Waals surface area contributed by atoms with Gasteiger partial charge in [-0.3, -0.25) is 4.68 Å². The summed E-state index contributed by atoms with van der Waals surface area (Å²) in [6, 6.07) is 4.53. The number of nitrogens with two attached hydrogens (primary N) is 1. The number of halogens is 2. The number of aromatic nitrogens is 2. The second-order valence-corrected chi connectivity index (χ2v) is 5.61. The molecule has 1 aromatic carbocycles. The lowest BCUT2D eigenvalue weighted by Crippen LogP contribution is -2.20. The van der Waals surface area contributed by atoms with Crippen LogP contribution in [-0.4, -0.2) is 16.9 Å². The van der Waals surface area contributed by atoms with Crippen molar-refractivity contribution < 1.29 is 9.13 Å². The number of hydrogen-bond donors (Lipinski definition) is 1. The summed E-state index contributed by atoms with van der Waals surface area (Å²) >= 11 is 3.18. The first-order chi connectivity index (χ1) is 9.47. The van der Waals surface area contributed by atoms with Crippen molar-refractivity contribution in [3.05, 3.63) is 45.9 Å². The molecule has 1 heterocycles. The zero-order valence-corrected chi connectivity index (χ0v) is 13.2. The van der Waals surface area contributed by atoms with E-state index in [1.165, 1.54) is 0 Å². The summed E-state index contributed by atoms with van der Waals surface area (Å²) in [5.74, 6) is 0.198. The van der Waals surface area contributed by atoms with E-state index in [2.05, 4.69) is 21.0 Å². The Hall–Kier alpha value is -1.40. The molecule has 0 amide bonds. The third-order valence-corrected chi connectivity index (χ3v) is 3.73. The van der Waals surface area contributed by atoms with E-state index in [0.717, 1.165) is 0 Å². The van der Waals surface area contributed by atoms with Crippen molar-refractivity contribution in [3.8, 4) is 5.75 Å². The number of rotatable bonds is 4. The third-order valence-electron chi connectivity index (χ3n) is 3.12. The molecule has 0 aliphatic rings. The van der Waals surface area contributed by atoms with Crippen LogP contribution in [0.3, 0.4) is 0 Å². The van der Waals surface area contributed by atoms with Gasteiger partial charge >= 0.3 is 0 Å². The Kier molecular flexibility index (Phi) is 4.45. The van der Waals surface area contributed by atoms with Crippen molar-refractivity contribution in [1.82, 2.24) is 9.78 Å². The van der Waals surface area contributed by atoms with Gasteiger partial charge in [-0.05, 0) is 35.8 Å². The molecule has 0 saturated heterocycles. The highest BCUT2D eigenvalue weighted by atomic mass is 79.9. The van der Waals surface area contributed by atoms with Crippen molar-refractivity contribution in [2.24, 2.45) is 5.73 Å². The van der Waals surface area contributed by atoms with Crippen molar-refractivity contribution in [3.63, 3.8) is 0 Å². The average molecular weight is 342 g/mol. The minimum atomic E-state index is -0.646. The molecule has 0 bridgehead atoms. The van der Waals surface area contributed by atoms with E-state index in [-0.39, 0.29) is 11.9 Å². The first-order valence-electron chi connectivity index (χ1n) is 6.28. The Bertz CT molecular complexity index is 612. The quantitative estimate of drug-likeness (QED) is 0.926. The van der Waals surface area contributed by atoms with Gasteiger partial charge in [0.1, 0.15) is 11.5 Å². The zero-order valence-electron chi connectivity index (χ0n) is 11.6. The van der Waals surface area contributed by atoms with Crippen LogP contribution in [-0.2, 0) is 0 Å². The first-order valence-corrected chi connectivity index (χ1v) is 7.07. The average Bonchev–Trinajstić information content (AvgIpc) is 2.85. The molecule has 0 aliphatic heterocycles. The molecule has 1 aromatic heterocycles. The zero-order chi connectivity index (χ0) is 14.9. The smallest absolute Gasteiger partial charge is 0.161 e. The Morgan fingerprint density at radius 3 is 2.70 bits per heavy atom. The molecule has 4 nitrogen and oxygen atoms in total. The van der Waals surface area contributed by atoms with E-state index in [0.29, 0.717) is 21.5 Å². The minimum absolute atomic E-state index is 0.107. The van der Waals surface area contributed by atoms with E-state index >= 15 is 0 Å². The fourth-order valence-electron chi connectivity index (χ4n) is 2.13. The van der Waals surface area contributed by atoms with Crippen LogP contribution < -0.4 is 10.5 Å². The van der Waals surface area contributed by atoms with Crippen LogP contribution in [0.25, 0.3) is 0 Å². The highest BCUT2D eigenvalue weighted by Gasteiger charge is 2.24. The van der Waals surface area contributed by atoms with Gasteiger partial charge in [0.05, 0.1) is 23.8 Å². The topological polar surface area (TPSA) is 53.1 Å². The van der Waals surface area contributed by atoms with E-state index < -0.39 is 6.04 Å². The van der Waals surface area contributed by atoms with Crippen LogP contribution in [0, 0.1) is 5.82 Å². The highest BCUT2D eigenvalue weighted by molar-refractivity contribution is 9.10. The van der Waals surface area contributed by atoms with E-state index in [9.17, 15) is 4.39 Å². The molecule has 108 valence electrons. The predicted molar refractivity (Wildman–Crippen MR) is 79.3 cm³/mol. The summed E-state index contributed by atoms with van der Waals surface area (Å²) in [6.45, 7) is 3.97. The van der Waals surface area contributed by atoms with Crippen molar-refractivity contribution in [2.75, 3.05) is 7.11 Å². The van der Waals surface area contributed by atoms with Crippen LogP contribution in [0.15, 0.2) is 28.9 Å². The summed E-state index contributed by atoms with van der Waals surface area (Å²) in [4.78, 5) is 0. The SMILES string of the molecule is COc1cnn(C(C)C)c1C(N)c1cccc(Br)c1F. The lowest BCUT2D eigenvalue weighted by atomic mass is 10.0. The van der Waals surface area contributed by atoms with E-state index in [4.69, 9.17) is 10.5 Å². The molecule has 0 saturated carbocycles. The number of methoxy groups -OCH3 is 1. The van der Waals surface area contributed by atoms with Crippen molar-refractivity contribution in [2.45, 2.75) is 25.9 Å². The molecule has 6 heteroatoms. The molecule has 20 heavy (non-hydrogen) atoms. The molecule has 2 N–H and O–H groups in total. The second kappa shape index (κ2) is 5.93. The van der Waals surface area contributed by atoms with Crippen LogP contribution >= 0.6 is 15.9 Å². The highest BCUT2D eigenvalue weighted by Crippen LogP contribution is 2.32. The first kappa shape index (κ1) is 15.0. The molecule has 0 spiro atoms. The Balaban J connectivity index is 2.55. The van der Waals surface area contributed by atoms with Crippen LogP contribution in [0.1, 0.15) is 37.2 Å². The number of ether oxygens (including phenoxy) is 1. The standard InChI is InChI=1S/C14H17BrFN3O/c1-8(2)19-14(11(20-3)7-18-19)13(17)9-5-4-6-10(15)12(9)16/h4-8,13H,17H2,1-3H3. The molecular weight excluding hydrogens is 325 g/mol. The normalized spacial score (nSPS) is 12.8. The van der Waals surface area contributed by atoms with Crippen LogP contribution in [0.2, 0.25) is 0 Å².